The van der Waals surface area contributed by atoms with E-state index >= 15 is 0 Å². The average Bonchev–Trinajstić information content (AvgIpc) is 3.52. The monoisotopic (exact) mass is 461 g/mol. The minimum absolute atomic E-state index is 0.122. The van der Waals surface area contributed by atoms with Gasteiger partial charge in [-0.25, -0.2) is 4.98 Å². The average molecular weight is 462 g/mol. The van der Waals surface area contributed by atoms with Crippen LogP contribution in [0.3, 0.4) is 0 Å². The molecule has 0 saturated carbocycles. The molecule has 0 aliphatic heterocycles. The predicted octanol–water partition coefficient (Wildman–Crippen LogP) is 4.91. The van der Waals surface area contributed by atoms with E-state index in [0.717, 1.165) is 27.6 Å². The highest BCUT2D eigenvalue weighted by molar-refractivity contribution is 7.13. The molecule has 168 valence electrons. The van der Waals surface area contributed by atoms with Gasteiger partial charge in [-0.15, -0.1) is 11.3 Å². The van der Waals surface area contributed by atoms with Gasteiger partial charge in [-0.1, -0.05) is 12.1 Å². The van der Waals surface area contributed by atoms with Crippen molar-refractivity contribution < 1.29 is 18.7 Å². The molecule has 8 heteroatoms. The van der Waals surface area contributed by atoms with Gasteiger partial charge in [-0.3, -0.25) is 9.59 Å². The first-order valence-electron chi connectivity index (χ1n) is 10.5. The first kappa shape index (κ1) is 22.3. The molecule has 7 nitrogen and oxygen atoms in total. The Labute approximate surface area is 195 Å². The number of aromatic nitrogens is 1. The van der Waals surface area contributed by atoms with Crippen LogP contribution in [0.1, 0.15) is 28.7 Å². The van der Waals surface area contributed by atoms with Gasteiger partial charge in [0.05, 0.1) is 25.0 Å². The number of rotatable bonds is 9. The summed E-state index contributed by atoms with van der Waals surface area (Å²) >= 11 is 1.50. The van der Waals surface area contributed by atoms with E-state index < -0.39 is 0 Å². The molecule has 0 aliphatic carbocycles. The van der Waals surface area contributed by atoms with E-state index in [2.05, 4.69) is 15.6 Å². The number of anilines is 1. The van der Waals surface area contributed by atoms with E-state index in [1.54, 1.807) is 18.2 Å². The van der Waals surface area contributed by atoms with E-state index in [9.17, 15) is 9.59 Å². The second-order valence-corrected chi connectivity index (χ2v) is 8.04. The van der Waals surface area contributed by atoms with E-state index in [0.29, 0.717) is 18.8 Å². The van der Waals surface area contributed by atoms with Crippen molar-refractivity contribution in [2.45, 2.75) is 19.9 Å². The molecule has 0 saturated heterocycles. The van der Waals surface area contributed by atoms with Crippen LogP contribution in [0.5, 0.6) is 5.75 Å². The standard InChI is InChI=1S/C25H23N3O4S/c1-2-31-21-10-8-18(9-11-21)25-28-20(16-33-25)14-23(29)26-15-17-5-3-6-19(13-17)27-24(30)22-7-4-12-32-22/h3-13,16H,2,14-15H2,1H3,(H,26,29)(H,27,30). The number of benzene rings is 2. The summed E-state index contributed by atoms with van der Waals surface area (Å²) < 4.78 is 10.6. The van der Waals surface area contributed by atoms with Gasteiger partial charge >= 0.3 is 0 Å². The number of hydrogen-bond donors (Lipinski definition) is 2. The molecular formula is C25H23N3O4S. The van der Waals surface area contributed by atoms with Gasteiger partial charge in [-0.2, -0.15) is 0 Å². The zero-order valence-corrected chi connectivity index (χ0v) is 18.9. The van der Waals surface area contributed by atoms with Crippen LogP contribution in [0, 0.1) is 0 Å². The number of ether oxygens (including phenoxy) is 1. The van der Waals surface area contributed by atoms with E-state index in [1.165, 1.54) is 17.6 Å². The summed E-state index contributed by atoms with van der Waals surface area (Å²) in [6.45, 7) is 2.92. The summed E-state index contributed by atoms with van der Waals surface area (Å²) in [5, 5.41) is 8.44. The third kappa shape index (κ3) is 6.08. The number of hydrogen-bond acceptors (Lipinski definition) is 6. The molecule has 0 atom stereocenters. The SMILES string of the molecule is CCOc1ccc(-c2nc(CC(=O)NCc3cccc(NC(=O)c4ccco4)c3)cs2)cc1. The quantitative estimate of drug-likeness (QED) is 0.369. The van der Waals surface area contributed by atoms with Crippen molar-refractivity contribution in [3.05, 3.63) is 89.3 Å². The summed E-state index contributed by atoms with van der Waals surface area (Å²) in [6.07, 6.45) is 1.65. The largest absolute Gasteiger partial charge is 0.494 e. The molecule has 4 rings (SSSR count). The molecule has 0 unspecified atom stereocenters. The van der Waals surface area contributed by atoms with Gasteiger partial charge in [0.15, 0.2) is 5.76 Å². The molecule has 0 fully saturated rings. The number of amides is 2. The van der Waals surface area contributed by atoms with Crippen LogP contribution < -0.4 is 15.4 Å². The molecule has 0 bridgehead atoms. The highest BCUT2D eigenvalue weighted by atomic mass is 32.1. The Morgan fingerprint density at radius 2 is 1.94 bits per heavy atom. The highest BCUT2D eigenvalue weighted by Crippen LogP contribution is 2.26. The molecule has 0 aliphatic rings. The number of nitrogens with one attached hydrogen (secondary N) is 2. The van der Waals surface area contributed by atoms with Crippen LogP contribution in [-0.2, 0) is 17.8 Å². The lowest BCUT2D eigenvalue weighted by molar-refractivity contribution is -0.120. The van der Waals surface area contributed by atoms with Crippen molar-refractivity contribution in [3.8, 4) is 16.3 Å². The van der Waals surface area contributed by atoms with E-state index in [1.807, 2.05) is 54.8 Å². The molecule has 0 spiro atoms. The minimum atomic E-state index is -0.326. The maximum absolute atomic E-state index is 12.4. The Balaban J connectivity index is 1.29. The Bertz CT molecular complexity index is 1220. The van der Waals surface area contributed by atoms with Crippen molar-refractivity contribution in [2.75, 3.05) is 11.9 Å². The topological polar surface area (TPSA) is 93.5 Å². The lowest BCUT2D eigenvalue weighted by Crippen LogP contribution is -2.24. The van der Waals surface area contributed by atoms with Gasteiger partial charge < -0.3 is 19.8 Å². The maximum Gasteiger partial charge on any atom is 0.291 e. The molecule has 4 aromatic rings. The van der Waals surface area contributed by atoms with Crippen molar-refractivity contribution in [1.29, 1.82) is 0 Å². The number of furan rings is 1. The van der Waals surface area contributed by atoms with Crippen molar-refractivity contribution in [1.82, 2.24) is 10.3 Å². The van der Waals surface area contributed by atoms with Crippen LogP contribution >= 0.6 is 11.3 Å². The third-order valence-electron chi connectivity index (χ3n) is 4.73. The van der Waals surface area contributed by atoms with Crippen LogP contribution in [-0.4, -0.2) is 23.4 Å². The number of carbonyl (C=O) groups excluding carboxylic acids is 2. The molecule has 33 heavy (non-hydrogen) atoms. The number of thiazole rings is 1. The van der Waals surface area contributed by atoms with Crippen molar-refractivity contribution >= 4 is 28.8 Å². The first-order valence-corrected chi connectivity index (χ1v) is 11.4. The first-order chi connectivity index (χ1) is 16.1. The zero-order chi connectivity index (χ0) is 23.0. The fraction of sp³-hybridized carbons (Fsp3) is 0.160. The fourth-order valence-electron chi connectivity index (χ4n) is 3.17. The van der Waals surface area contributed by atoms with Gasteiger partial charge in [0, 0.05) is 23.2 Å². The Hall–Kier alpha value is -3.91. The molecule has 2 aromatic heterocycles. The molecule has 2 N–H and O–H groups in total. The summed E-state index contributed by atoms with van der Waals surface area (Å²) in [6, 6.07) is 18.3. The lowest BCUT2D eigenvalue weighted by Gasteiger charge is -2.08. The second-order valence-electron chi connectivity index (χ2n) is 7.19. The lowest BCUT2D eigenvalue weighted by atomic mass is 10.2. The summed E-state index contributed by atoms with van der Waals surface area (Å²) in [4.78, 5) is 29.1. The predicted molar refractivity (Wildman–Crippen MR) is 127 cm³/mol. The second kappa shape index (κ2) is 10.6. The molecule has 0 radical (unpaired) electrons. The maximum atomic E-state index is 12.4. The number of nitrogens with zero attached hydrogens (tertiary/aromatic N) is 1. The Morgan fingerprint density at radius 1 is 1.09 bits per heavy atom. The summed E-state index contributed by atoms with van der Waals surface area (Å²) in [7, 11) is 0. The highest BCUT2D eigenvalue weighted by Gasteiger charge is 2.11. The Morgan fingerprint density at radius 3 is 2.70 bits per heavy atom. The summed E-state index contributed by atoms with van der Waals surface area (Å²) in [5.41, 5.74) is 3.21. The Kier molecular flexibility index (Phi) is 7.16. The van der Waals surface area contributed by atoms with Crippen molar-refractivity contribution in [3.63, 3.8) is 0 Å². The van der Waals surface area contributed by atoms with Crippen LogP contribution in [0.25, 0.3) is 10.6 Å². The molecule has 2 aromatic carbocycles. The zero-order valence-electron chi connectivity index (χ0n) is 18.0. The van der Waals surface area contributed by atoms with Crippen molar-refractivity contribution in [2.24, 2.45) is 0 Å². The van der Waals surface area contributed by atoms with Gasteiger partial charge in [0.25, 0.3) is 5.91 Å². The van der Waals surface area contributed by atoms with Gasteiger partial charge in [0.2, 0.25) is 5.91 Å². The number of carbonyl (C=O) groups is 2. The van der Waals surface area contributed by atoms with Gasteiger partial charge in [-0.05, 0) is 61.0 Å². The molecular weight excluding hydrogens is 438 g/mol. The van der Waals surface area contributed by atoms with Crippen LogP contribution in [0.2, 0.25) is 0 Å². The van der Waals surface area contributed by atoms with Crippen LogP contribution in [0.15, 0.2) is 76.7 Å². The van der Waals surface area contributed by atoms with Crippen LogP contribution in [0.4, 0.5) is 5.69 Å². The fourth-order valence-corrected chi connectivity index (χ4v) is 3.99. The third-order valence-corrected chi connectivity index (χ3v) is 5.67. The van der Waals surface area contributed by atoms with E-state index in [4.69, 9.17) is 9.15 Å². The smallest absolute Gasteiger partial charge is 0.291 e. The molecule has 2 heterocycles. The minimum Gasteiger partial charge on any atom is -0.494 e. The van der Waals surface area contributed by atoms with E-state index in [-0.39, 0.29) is 24.0 Å². The van der Waals surface area contributed by atoms with Gasteiger partial charge in [0.1, 0.15) is 10.8 Å². The molecule has 2 amide bonds. The normalized spacial score (nSPS) is 10.6. The summed E-state index contributed by atoms with van der Waals surface area (Å²) in [5.74, 6) is 0.611.